The molecule has 0 aliphatic carbocycles. The van der Waals surface area contributed by atoms with Gasteiger partial charge in [-0.3, -0.25) is 9.59 Å². The van der Waals surface area contributed by atoms with Crippen LogP contribution < -0.4 is 5.32 Å². The van der Waals surface area contributed by atoms with E-state index >= 15 is 0 Å². The molecule has 0 saturated heterocycles. The van der Waals surface area contributed by atoms with Crippen LogP contribution >= 0.6 is 11.8 Å². The molecule has 2 aromatic rings. The highest BCUT2D eigenvalue weighted by Crippen LogP contribution is 2.19. The van der Waals surface area contributed by atoms with E-state index in [4.69, 9.17) is 0 Å². The van der Waals surface area contributed by atoms with Crippen molar-refractivity contribution < 1.29 is 9.59 Å². The molecule has 5 heteroatoms. The molecule has 0 aliphatic rings. The summed E-state index contributed by atoms with van der Waals surface area (Å²) in [6, 6.07) is 17.7. The zero-order valence-electron chi connectivity index (χ0n) is 17.9. The van der Waals surface area contributed by atoms with Crippen molar-refractivity contribution in [3.8, 4) is 0 Å². The maximum Gasteiger partial charge on any atom is 0.243 e. The van der Waals surface area contributed by atoms with Crippen LogP contribution in [0, 0.1) is 6.92 Å². The SMILES string of the molecule is CC[C@@H](C(=O)NC(C)C)N(Cc1ccccc1)C(=O)CSCc1ccccc1C. The molecule has 2 amide bonds. The molecule has 29 heavy (non-hydrogen) atoms. The van der Waals surface area contributed by atoms with Gasteiger partial charge < -0.3 is 10.2 Å². The van der Waals surface area contributed by atoms with Crippen molar-refractivity contribution in [2.45, 2.75) is 58.5 Å². The van der Waals surface area contributed by atoms with Gasteiger partial charge in [0.05, 0.1) is 5.75 Å². The Hall–Kier alpha value is -2.27. The second kappa shape index (κ2) is 11.7. The largest absolute Gasteiger partial charge is 0.352 e. The lowest BCUT2D eigenvalue weighted by atomic mass is 10.1. The normalized spacial score (nSPS) is 11.9. The predicted octanol–water partition coefficient (Wildman–Crippen LogP) is 4.56. The Morgan fingerprint density at radius 3 is 2.31 bits per heavy atom. The Bertz CT molecular complexity index is 792. The summed E-state index contributed by atoms with van der Waals surface area (Å²) in [6.07, 6.45) is 0.583. The number of carbonyl (C=O) groups excluding carboxylic acids is 2. The van der Waals surface area contributed by atoms with Gasteiger partial charge in [-0.25, -0.2) is 0 Å². The first-order valence-electron chi connectivity index (χ1n) is 10.2. The van der Waals surface area contributed by atoms with E-state index < -0.39 is 6.04 Å². The number of hydrogen-bond donors (Lipinski definition) is 1. The Labute approximate surface area is 179 Å². The summed E-state index contributed by atoms with van der Waals surface area (Å²) < 4.78 is 0. The Balaban J connectivity index is 2.11. The van der Waals surface area contributed by atoms with Crippen LogP contribution in [0.4, 0.5) is 0 Å². The molecule has 0 heterocycles. The van der Waals surface area contributed by atoms with Crippen LogP contribution in [-0.4, -0.2) is 34.6 Å². The summed E-state index contributed by atoms with van der Waals surface area (Å²) in [5, 5.41) is 2.96. The molecule has 0 saturated carbocycles. The Morgan fingerprint density at radius 1 is 1.03 bits per heavy atom. The summed E-state index contributed by atoms with van der Waals surface area (Å²) >= 11 is 1.60. The van der Waals surface area contributed by atoms with Crippen LogP contribution in [0.25, 0.3) is 0 Å². The standard InChI is InChI=1S/C24H32N2O2S/c1-5-22(24(28)25-18(2)3)26(15-20-12-7-6-8-13-20)23(27)17-29-16-21-14-10-9-11-19(21)4/h6-14,18,22H,5,15-17H2,1-4H3,(H,25,28)/t22-/m0/s1. The van der Waals surface area contributed by atoms with Gasteiger partial charge in [-0.05, 0) is 43.9 Å². The van der Waals surface area contributed by atoms with Crippen LogP contribution in [-0.2, 0) is 21.9 Å². The molecule has 156 valence electrons. The minimum Gasteiger partial charge on any atom is -0.352 e. The molecule has 0 radical (unpaired) electrons. The molecule has 0 bridgehead atoms. The maximum atomic E-state index is 13.1. The first-order valence-corrected chi connectivity index (χ1v) is 11.3. The molecule has 0 fully saturated rings. The molecule has 2 aromatic carbocycles. The van der Waals surface area contributed by atoms with Gasteiger partial charge >= 0.3 is 0 Å². The van der Waals surface area contributed by atoms with Crippen molar-refractivity contribution in [2.24, 2.45) is 0 Å². The van der Waals surface area contributed by atoms with Crippen molar-refractivity contribution >= 4 is 23.6 Å². The second-order valence-electron chi connectivity index (χ2n) is 7.51. The first kappa shape index (κ1) is 23.0. The van der Waals surface area contributed by atoms with Crippen LogP contribution in [0.2, 0.25) is 0 Å². The second-order valence-corrected chi connectivity index (χ2v) is 8.50. The topological polar surface area (TPSA) is 49.4 Å². The van der Waals surface area contributed by atoms with Gasteiger partial charge in [0.15, 0.2) is 0 Å². The molecular weight excluding hydrogens is 380 g/mol. The average molecular weight is 413 g/mol. The molecule has 1 N–H and O–H groups in total. The zero-order valence-corrected chi connectivity index (χ0v) is 18.7. The molecule has 1 atom stereocenters. The number of rotatable bonds is 10. The van der Waals surface area contributed by atoms with Gasteiger partial charge in [-0.1, -0.05) is 61.5 Å². The number of amides is 2. The smallest absolute Gasteiger partial charge is 0.243 e. The third-order valence-electron chi connectivity index (χ3n) is 4.76. The van der Waals surface area contributed by atoms with E-state index in [0.717, 1.165) is 11.3 Å². The number of nitrogens with one attached hydrogen (secondary N) is 1. The zero-order chi connectivity index (χ0) is 21.2. The maximum absolute atomic E-state index is 13.1. The van der Waals surface area contributed by atoms with Crippen molar-refractivity contribution in [2.75, 3.05) is 5.75 Å². The van der Waals surface area contributed by atoms with Gasteiger partial charge in [-0.15, -0.1) is 11.8 Å². The summed E-state index contributed by atoms with van der Waals surface area (Å²) in [5.74, 6) is 1.05. The monoisotopic (exact) mass is 412 g/mol. The average Bonchev–Trinajstić information content (AvgIpc) is 2.69. The number of aryl methyl sites for hydroxylation is 1. The van der Waals surface area contributed by atoms with E-state index in [0.29, 0.717) is 18.7 Å². The van der Waals surface area contributed by atoms with Gasteiger partial charge in [0.1, 0.15) is 6.04 Å². The van der Waals surface area contributed by atoms with Gasteiger partial charge in [0.25, 0.3) is 0 Å². The highest BCUT2D eigenvalue weighted by Gasteiger charge is 2.28. The Kier molecular flexibility index (Phi) is 9.26. The van der Waals surface area contributed by atoms with E-state index in [-0.39, 0.29) is 17.9 Å². The number of thioether (sulfide) groups is 1. The van der Waals surface area contributed by atoms with Gasteiger partial charge in [0, 0.05) is 18.3 Å². The fourth-order valence-corrected chi connectivity index (χ4v) is 4.17. The summed E-state index contributed by atoms with van der Waals surface area (Å²) in [7, 11) is 0. The van der Waals surface area contributed by atoms with Crippen molar-refractivity contribution in [1.29, 1.82) is 0 Å². The van der Waals surface area contributed by atoms with Crippen LogP contribution in [0.5, 0.6) is 0 Å². The van der Waals surface area contributed by atoms with Crippen molar-refractivity contribution in [3.05, 3.63) is 71.3 Å². The molecule has 0 aromatic heterocycles. The highest BCUT2D eigenvalue weighted by molar-refractivity contribution is 7.99. The molecule has 0 spiro atoms. The summed E-state index contributed by atoms with van der Waals surface area (Å²) in [6.45, 7) is 8.35. The Morgan fingerprint density at radius 2 is 1.69 bits per heavy atom. The molecule has 0 aliphatic heterocycles. The van der Waals surface area contributed by atoms with Crippen molar-refractivity contribution in [3.63, 3.8) is 0 Å². The van der Waals surface area contributed by atoms with Crippen molar-refractivity contribution in [1.82, 2.24) is 10.2 Å². The lowest BCUT2D eigenvalue weighted by Crippen LogP contribution is -2.50. The van der Waals surface area contributed by atoms with Crippen LogP contribution in [0.15, 0.2) is 54.6 Å². The van der Waals surface area contributed by atoms with Crippen LogP contribution in [0.3, 0.4) is 0 Å². The summed E-state index contributed by atoms with van der Waals surface area (Å²) in [5.41, 5.74) is 3.50. The number of hydrogen-bond acceptors (Lipinski definition) is 3. The lowest BCUT2D eigenvalue weighted by molar-refractivity contribution is -0.139. The molecule has 2 rings (SSSR count). The van der Waals surface area contributed by atoms with Crippen LogP contribution in [0.1, 0.15) is 43.9 Å². The fraction of sp³-hybridized carbons (Fsp3) is 0.417. The van der Waals surface area contributed by atoms with Gasteiger partial charge in [-0.2, -0.15) is 0 Å². The molecule has 4 nitrogen and oxygen atoms in total. The van der Waals surface area contributed by atoms with E-state index in [9.17, 15) is 9.59 Å². The minimum atomic E-state index is -0.468. The molecular formula is C24H32N2O2S. The molecule has 0 unspecified atom stereocenters. The number of benzene rings is 2. The van der Waals surface area contributed by atoms with Gasteiger partial charge in [0.2, 0.25) is 11.8 Å². The van der Waals surface area contributed by atoms with E-state index in [1.54, 1.807) is 16.7 Å². The lowest BCUT2D eigenvalue weighted by Gasteiger charge is -2.31. The highest BCUT2D eigenvalue weighted by atomic mass is 32.2. The first-order chi connectivity index (χ1) is 13.9. The number of carbonyl (C=O) groups is 2. The minimum absolute atomic E-state index is 0.00167. The third-order valence-corrected chi connectivity index (χ3v) is 5.72. The van der Waals surface area contributed by atoms with E-state index in [1.165, 1.54) is 11.1 Å². The predicted molar refractivity (Wildman–Crippen MR) is 122 cm³/mol. The van der Waals surface area contributed by atoms with E-state index in [1.807, 2.05) is 63.2 Å². The van der Waals surface area contributed by atoms with E-state index in [2.05, 4.69) is 24.4 Å². The number of nitrogens with zero attached hydrogens (tertiary/aromatic N) is 1. The quantitative estimate of drug-likeness (QED) is 0.622. The third kappa shape index (κ3) is 7.24. The summed E-state index contributed by atoms with van der Waals surface area (Å²) in [4.78, 5) is 27.6. The fourth-order valence-electron chi connectivity index (χ4n) is 3.18.